The number of carboxylic acids is 1. The highest BCUT2D eigenvalue weighted by atomic mass is 16.4. The lowest BCUT2D eigenvalue weighted by Crippen LogP contribution is -2.55. The van der Waals surface area contributed by atoms with Crippen molar-refractivity contribution in [1.82, 2.24) is 0 Å². The first-order valence-electron chi connectivity index (χ1n) is 5.32. The molecule has 5 heteroatoms. The van der Waals surface area contributed by atoms with Crippen LogP contribution in [0.25, 0.3) is 0 Å². The maximum atomic E-state index is 11.2. The maximum absolute atomic E-state index is 11.2. The van der Waals surface area contributed by atoms with Crippen molar-refractivity contribution in [2.45, 2.75) is 18.9 Å². The zero-order chi connectivity index (χ0) is 13.8. The molecular formula is C13H14O5. The van der Waals surface area contributed by atoms with Gasteiger partial charge in [0.05, 0.1) is 0 Å². The third-order valence-electron chi connectivity index (χ3n) is 3.08. The van der Waals surface area contributed by atoms with E-state index in [4.69, 9.17) is 5.11 Å². The molecule has 96 valence electrons. The van der Waals surface area contributed by atoms with Crippen molar-refractivity contribution in [1.29, 1.82) is 0 Å². The summed E-state index contributed by atoms with van der Waals surface area (Å²) in [6.07, 6.45) is 0.225. The first-order chi connectivity index (χ1) is 8.39. The summed E-state index contributed by atoms with van der Waals surface area (Å²) in [5.74, 6) is -1.61. The van der Waals surface area contributed by atoms with Gasteiger partial charge in [0.15, 0.2) is 5.60 Å². The van der Waals surface area contributed by atoms with Crippen LogP contribution in [0.5, 0.6) is 0 Å². The predicted octanol–water partition coefficient (Wildman–Crippen LogP) is 0.449. The molecule has 0 aliphatic carbocycles. The van der Waals surface area contributed by atoms with Gasteiger partial charge in [-0.15, -0.1) is 0 Å². The lowest BCUT2D eigenvalue weighted by atomic mass is 9.71. The first-order valence-corrected chi connectivity index (χ1v) is 5.32. The number of aliphatic hydroxyl groups is 1. The Labute approximate surface area is 104 Å². The molecule has 0 saturated carbocycles. The van der Waals surface area contributed by atoms with Crippen LogP contribution >= 0.6 is 0 Å². The summed E-state index contributed by atoms with van der Waals surface area (Å²) < 4.78 is 0. The second-order valence-electron chi connectivity index (χ2n) is 4.32. The van der Waals surface area contributed by atoms with Crippen molar-refractivity contribution in [3.05, 3.63) is 35.9 Å². The van der Waals surface area contributed by atoms with Gasteiger partial charge in [0.2, 0.25) is 0 Å². The van der Waals surface area contributed by atoms with E-state index in [-0.39, 0.29) is 19.0 Å². The van der Waals surface area contributed by atoms with Gasteiger partial charge < -0.3 is 19.8 Å². The summed E-state index contributed by atoms with van der Waals surface area (Å²) in [7, 11) is 0. The van der Waals surface area contributed by atoms with E-state index in [0.717, 1.165) is 6.92 Å². The molecule has 0 aromatic heterocycles. The number of hydrogen-bond acceptors (Lipinski definition) is 4. The molecule has 1 aromatic rings. The van der Waals surface area contributed by atoms with Crippen LogP contribution in [0.15, 0.2) is 30.3 Å². The van der Waals surface area contributed by atoms with Gasteiger partial charge in [-0.3, -0.25) is 0 Å². The fraction of sp³-hybridized carbons (Fsp3) is 0.308. The van der Waals surface area contributed by atoms with Crippen LogP contribution in [-0.4, -0.2) is 34.4 Å². The van der Waals surface area contributed by atoms with Crippen LogP contribution in [-0.2, 0) is 20.8 Å². The van der Waals surface area contributed by atoms with Gasteiger partial charge in [0.1, 0.15) is 18.0 Å². The molecule has 0 fully saturated rings. The van der Waals surface area contributed by atoms with Crippen molar-refractivity contribution < 1.29 is 24.6 Å². The molecule has 18 heavy (non-hydrogen) atoms. The van der Waals surface area contributed by atoms with E-state index in [1.807, 2.05) is 0 Å². The molecule has 0 saturated heterocycles. The minimum atomic E-state index is -2.45. The summed E-state index contributed by atoms with van der Waals surface area (Å²) in [5.41, 5.74) is -3.86. The van der Waals surface area contributed by atoms with Crippen molar-refractivity contribution in [3.8, 4) is 0 Å². The smallest absolute Gasteiger partial charge is 0.336 e. The van der Waals surface area contributed by atoms with Crippen molar-refractivity contribution in [3.63, 3.8) is 0 Å². The lowest BCUT2D eigenvalue weighted by molar-refractivity contribution is -0.174. The second-order valence-corrected chi connectivity index (χ2v) is 4.32. The van der Waals surface area contributed by atoms with E-state index in [0.29, 0.717) is 5.56 Å². The normalized spacial score (nSPS) is 14.6. The molecule has 1 aromatic carbocycles. The summed E-state index contributed by atoms with van der Waals surface area (Å²) >= 11 is 0. The highest BCUT2D eigenvalue weighted by Crippen LogP contribution is 2.32. The number of benzene rings is 1. The average molecular weight is 250 g/mol. The van der Waals surface area contributed by atoms with Gasteiger partial charge in [-0.05, 0) is 18.9 Å². The van der Waals surface area contributed by atoms with E-state index < -0.39 is 17.0 Å². The van der Waals surface area contributed by atoms with Crippen molar-refractivity contribution >= 4 is 18.5 Å². The number of carbonyl (C=O) groups is 3. The first kappa shape index (κ1) is 14.1. The van der Waals surface area contributed by atoms with Crippen molar-refractivity contribution in [2.24, 2.45) is 5.41 Å². The Kier molecular flexibility index (Phi) is 3.98. The Morgan fingerprint density at radius 2 is 1.72 bits per heavy atom. The van der Waals surface area contributed by atoms with E-state index >= 15 is 0 Å². The van der Waals surface area contributed by atoms with E-state index in [1.54, 1.807) is 30.3 Å². The molecule has 0 aliphatic heterocycles. The highest BCUT2D eigenvalue weighted by Gasteiger charge is 2.53. The number of rotatable bonds is 6. The summed E-state index contributed by atoms with van der Waals surface area (Å²) in [6.45, 7) is 0.946. The highest BCUT2D eigenvalue weighted by molar-refractivity contribution is 5.95. The largest absolute Gasteiger partial charge is 0.479 e. The Bertz CT molecular complexity index is 442. The molecule has 0 bridgehead atoms. The molecular weight excluding hydrogens is 236 g/mol. The Balaban J connectivity index is 3.20. The van der Waals surface area contributed by atoms with Gasteiger partial charge in [0.25, 0.3) is 0 Å². The van der Waals surface area contributed by atoms with Crippen LogP contribution in [0.4, 0.5) is 0 Å². The quantitative estimate of drug-likeness (QED) is 0.565. The summed E-state index contributed by atoms with van der Waals surface area (Å²) in [5, 5.41) is 18.9. The molecule has 5 nitrogen and oxygen atoms in total. The van der Waals surface area contributed by atoms with Crippen molar-refractivity contribution in [2.75, 3.05) is 0 Å². The molecule has 2 N–H and O–H groups in total. The second kappa shape index (κ2) is 5.10. The molecule has 0 amide bonds. The number of carbonyl (C=O) groups excluding carboxylic acids is 2. The van der Waals surface area contributed by atoms with Crippen LogP contribution in [0.3, 0.4) is 0 Å². The average Bonchev–Trinajstić information content (AvgIpc) is 2.36. The van der Waals surface area contributed by atoms with E-state index in [9.17, 15) is 19.5 Å². The third-order valence-corrected chi connectivity index (χ3v) is 3.08. The van der Waals surface area contributed by atoms with Crippen LogP contribution in [0.1, 0.15) is 12.5 Å². The Morgan fingerprint density at radius 3 is 2.11 bits per heavy atom. The summed E-state index contributed by atoms with van der Waals surface area (Å²) in [6, 6.07) is 8.46. The predicted molar refractivity (Wildman–Crippen MR) is 63.0 cm³/mol. The SMILES string of the molecule is CC(O)(C(=O)O)C(C=O)(C=O)Cc1ccccc1. The van der Waals surface area contributed by atoms with Gasteiger partial charge in [-0.25, -0.2) is 4.79 Å². The Morgan fingerprint density at radius 1 is 1.22 bits per heavy atom. The molecule has 0 heterocycles. The van der Waals surface area contributed by atoms with Gasteiger partial charge >= 0.3 is 5.97 Å². The van der Waals surface area contributed by atoms with Crippen LogP contribution in [0.2, 0.25) is 0 Å². The monoisotopic (exact) mass is 250 g/mol. The number of hydrogen-bond donors (Lipinski definition) is 2. The fourth-order valence-corrected chi connectivity index (χ4v) is 1.65. The topological polar surface area (TPSA) is 91.7 Å². The minimum absolute atomic E-state index is 0.167. The molecule has 1 atom stereocenters. The molecule has 0 aliphatic rings. The maximum Gasteiger partial charge on any atom is 0.336 e. The zero-order valence-corrected chi connectivity index (χ0v) is 9.87. The van der Waals surface area contributed by atoms with Crippen LogP contribution < -0.4 is 0 Å². The minimum Gasteiger partial charge on any atom is -0.479 e. The van der Waals surface area contributed by atoms with Gasteiger partial charge in [-0.1, -0.05) is 30.3 Å². The number of aliphatic carboxylic acids is 1. The van der Waals surface area contributed by atoms with Gasteiger partial charge in [0, 0.05) is 0 Å². The van der Waals surface area contributed by atoms with E-state index in [2.05, 4.69) is 0 Å². The third kappa shape index (κ3) is 2.31. The molecule has 1 rings (SSSR count). The number of aldehydes is 2. The number of carboxylic acid groups (broad SMARTS) is 1. The zero-order valence-electron chi connectivity index (χ0n) is 9.87. The van der Waals surface area contributed by atoms with Gasteiger partial charge in [-0.2, -0.15) is 0 Å². The molecule has 0 spiro atoms. The van der Waals surface area contributed by atoms with E-state index in [1.165, 1.54) is 0 Å². The standard InChI is InChI=1S/C13H14O5/c1-12(18,11(16)17)13(8-14,9-15)7-10-5-3-2-4-6-10/h2-6,8-9,18H,7H2,1H3,(H,16,17). The summed E-state index contributed by atoms with van der Waals surface area (Å²) in [4.78, 5) is 33.3. The molecule has 0 radical (unpaired) electrons. The Hall–Kier alpha value is -2.01. The fourth-order valence-electron chi connectivity index (χ4n) is 1.65. The lowest BCUT2D eigenvalue weighted by Gasteiger charge is -2.33. The van der Waals surface area contributed by atoms with Crippen LogP contribution in [0, 0.1) is 5.41 Å². The molecule has 1 unspecified atom stereocenters.